The van der Waals surface area contributed by atoms with Crippen LogP contribution < -0.4 is 15.2 Å². The molecule has 8 heteroatoms. The number of hydrogen-bond acceptors (Lipinski definition) is 4. The van der Waals surface area contributed by atoms with Gasteiger partial charge in [0.15, 0.2) is 0 Å². The number of halogens is 4. The highest BCUT2D eigenvalue weighted by Gasteiger charge is 2.31. The third-order valence-corrected chi connectivity index (χ3v) is 2.31. The maximum absolute atomic E-state index is 12.1. The van der Waals surface area contributed by atoms with Gasteiger partial charge < -0.3 is 20.3 Å². The molecule has 0 unspecified atom stereocenters. The molecular weight excluding hydrogens is 287 g/mol. The van der Waals surface area contributed by atoms with E-state index in [9.17, 15) is 18.3 Å². The zero-order valence-electron chi connectivity index (χ0n) is 10.3. The maximum atomic E-state index is 12.1. The third-order valence-electron chi connectivity index (χ3n) is 2.31. The topological polar surface area (TPSA) is 64.7 Å². The minimum atomic E-state index is -4.78. The molecule has 19 heavy (non-hydrogen) atoms. The van der Waals surface area contributed by atoms with Gasteiger partial charge in [0.1, 0.15) is 11.5 Å². The van der Waals surface area contributed by atoms with Crippen LogP contribution in [0.25, 0.3) is 0 Å². The van der Waals surface area contributed by atoms with Gasteiger partial charge in [0.05, 0.1) is 19.3 Å². The van der Waals surface area contributed by atoms with E-state index >= 15 is 0 Å². The zero-order valence-corrected chi connectivity index (χ0v) is 11.1. The summed E-state index contributed by atoms with van der Waals surface area (Å²) >= 11 is 0. The van der Waals surface area contributed by atoms with E-state index in [1.807, 2.05) is 0 Å². The summed E-state index contributed by atoms with van der Waals surface area (Å²) < 4.78 is 45.0. The molecule has 110 valence electrons. The fourth-order valence-electron chi connectivity index (χ4n) is 1.43. The van der Waals surface area contributed by atoms with Crippen LogP contribution in [0.1, 0.15) is 18.5 Å². The molecule has 0 aliphatic carbocycles. The minimum absolute atomic E-state index is 0. The summed E-state index contributed by atoms with van der Waals surface area (Å²) in [5.74, 6) is -0.118. The van der Waals surface area contributed by atoms with Crippen molar-refractivity contribution in [3.63, 3.8) is 0 Å². The van der Waals surface area contributed by atoms with Gasteiger partial charge in [0, 0.05) is 5.56 Å². The Hall–Kier alpha value is -1.18. The van der Waals surface area contributed by atoms with E-state index in [2.05, 4.69) is 4.74 Å². The molecule has 0 fully saturated rings. The Morgan fingerprint density at radius 3 is 2.32 bits per heavy atom. The van der Waals surface area contributed by atoms with Crippen molar-refractivity contribution in [1.29, 1.82) is 0 Å². The first-order chi connectivity index (χ1) is 8.24. The first-order valence-electron chi connectivity index (χ1n) is 5.12. The summed E-state index contributed by atoms with van der Waals surface area (Å²) in [6.07, 6.45) is -5.71. The number of hydrogen-bond donors (Lipinski definition) is 2. The molecule has 0 amide bonds. The Bertz CT molecular complexity index is 413. The lowest BCUT2D eigenvalue weighted by molar-refractivity contribution is -0.274. The van der Waals surface area contributed by atoms with Gasteiger partial charge in [0.2, 0.25) is 0 Å². The highest BCUT2D eigenvalue weighted by atomic mass is 35.5. The highest BCUT2D eigenvalue weighted by molar-refractivity contribution is 5.85. The molecule has 3 N–H and O–H groups in total. The summed E-state index contributed by atoms with van der Waals surface area (Å²) in [6.45, 7) is 1.43. The molecule has 0 saturated carbocycles. The Morgan fingerprint density at radius 1 is 1.32 bits per heavy atom. The number of benzene rings is 1. The second kappa shape index (κ2) is 6.83. The van der Waals surface area contributed by atoms with Crippen LogP contribution in [0.3, 0.4) is 0 Å². The number of nitrogens with two attached hydrogens (primary N) is 1. The zero-order chi connectivity index (χ0) is 13.9. The fraction of sp³-hybridized carbons (Fsp3) is 0.455. The van der Waals surface area contributed by atoms with E-state index in [1.54, 1.807) is 0 Å². The van der Waals surface area contributed by atoms with E-state index in [0.717, 1.165) is 12.1 Å². The van der Waals surface area contributed by atoms with Gasteiger partial charge in [-0.1, -0.05) is 0 Å². The molecular formula is C11H15ClF3NO3. The molecule has 1 rings (SSSR count). The van der Waals surface area contributed by atoms with E-state index in [0.29, 0.717) is 0 Å². The normalized spacial score (nSPS) is 14.3. The predicted octanol–water partition coefficient (Wildman–Crippen LogP) is 2.40. The van der Waals surface area contributed by atoms with Crippen molar-refractivity contribution < 1.29 is 27.8 Å². The van der Waals surface area contributed by atoms with Gasteiger partial charge in [-0.15, -0.1) is 25.6 Å². The summed E-state index contributed by atoms with van der Waals surface area (Å²) in [7, 11) is 1.36. The van der Waals surface area contributed by atoms with Crippen LogP contribution in [0.4, 0.5) is 13.2 Å². The van der Waals surface area contributed by atoms with Gasteiger partial charge in [-0.05, 0) is 25.1 Å². The van der Waals surface area contributed by atoms with Crippen molar-refractivity contribution in [2.45, 2.75) is 25.4 Å². The largest absolute Gasteiger partial charge is 0.573 e. The molecule has 2 atom stereocenters. The average Bonchev–Trinajstić information content (AvgIpc) is 2.25. The number of methoxy groups -OCH3 is 1. The molecule has 0 aromatic heterocycles. The number of ether oxygens (including phenoxy) is 2. The minimum Gasteiger partial charge on any atom is -0.496 e. The van der Waals surface area contributed by atoms with Gasteiger partial charge in [-0.3, -0.25) is 0 Å². The second-order valence-electron chi connectivity index (χ2n) is 3.72. The van der Waals surface area contributed by atoms with Gasteiger partial charge in [-0.25, -0.2) is 0 Å². The molecule has 0 aliphatic heterocycles. The molecule has 0 heterocycles. The average molecular weight is 302 g/mol. The number of rotatable bonds is 4. The van der Waals surface area contributed by atoms with Crippen LogP contribution in [0.2, 0.25) is 0 Å². The molecule has 1 aromatic rings. The Balaban J connectivity index is 0.00000324. The van der Waals surface area contributed by atoms with E-state index in [-0.39, 0.29) is 23.7 Å². The van der Waals surface area contributed by atoms with Crippen molar-refractivity contribution in [3.8, 4) is 11.5 Å². The van der Waals surface area contributed by atoms with Gasteiger partial charge >= 0.3 is 6.36 Å². The highest BCUT2D eigenvalue weighted by Crippen LogP contribution is 2.32. The van der Waals surface area contributed by atoms with Crippen LogP contribution >= 0.6 is 12.4 Å². The van der Waals surface area contributed by atoms with Crippen LogP contribution in [-0.4, -0.2) is 24.7 Å². The third kappa shape index (κ3) is 5.14. The predicted molar refractivity (Wildman–Crippen MR) is 65.5 cm³/mol. The lowest BCUT2D eigenvalue weighted by Gasteiger charge is -2.19. The second-order valence-corrected chi connectivity index (χ2v) is 3.72. The first-order valence-corrected chi connectivity index (χ1v) is 5.12. The monoisotopic (exact) mass is 301 g/mol. The molecule has 1 aromatic carbocycles. The summed E-state index contributed by atoms with van der Waals surface area (Å²) in [4.78, 5) is 0. The molecule has 0 aliphatic rings. The van der Waals surface area contributed by atoms with E-state index < -0.39 is 24.3 Å². The van der Waals surface area contributed by atoms with Crippen molar-refractivity contribution >= 4 is 12.4 Å². The van der Waals surface area contributed by atoms with Gasteiger partial charge in [0.25, 0.3) is 0 Å². The van der Waals surface area contributed by atoms with Crippen LogP contribution in [0.15, 0.2) is 18.2 Å². The van der Waals surface area contributed by atoms with Crippen molar-refractivity contribution in [2.75, 3.05) is 7.11 Å². The quantitative estimate of drug-likeness (QED) is 0.896. The standard InChI is InChI=1S/C11H14F3NO3.ClH/c1-6(16)10(15)8-5-7(18-11(12,13)14)3-4-9(8)17-2;/h3-6,10,16H,15H2,1-2H3;1H/t6-,10-;/m0./s1. The van der Waals surface area contributed by atoms with Crippen molar-refractivity contribution in [2.24, 2.45) is 5.73 Å². The van der Waals surface area contributed by atoms with Gasteiger partial charge in [-0.2, -0.15) is 0 Å². The summed E-state index contributed by atoms with van der Waals surface area (Å²) in [5.41, 5.74) is 5.92. The number of aliphatic hydroxyl groups is 1. The van der Waals surface area contributed by atoms with E-state index in [4.69, 9.17) is 10.5 Å². The maximum Gasteiger partial charge on any atom is 0.573 e. The summed E-state index contributed by atoms with van der Waals surface area (Å²) in [5, 5.41) is 9.37. The molecule has 0 bridgehead atoms. The van der Waals surface area contributed by atoms with Crippen LogP contribution in [-0.2, 0) is 0 Å². The lowest BCUT2D eigenvalue weighted by Crippen LogP contribution is -2.24. The molecule has 0 radical (unpaired) electrons. The lowest BCUT2D eigenvalue weighted by atomic mass is 10.0. The Kier molecular flexibility index (Phi) is 6.41. The Morgan fingerprint density at radius 2 is 1.89 bits per heavy atom. The van der Waals surface area contributed by atoms with Crippen LogP contribution in [0.5, 0.6) is 11.5 Å². The number of alkyl halides is 3. The SMILES string of the molecule is COc1ccc(OC(F)(F)F)cc1[C@@H](N)[C@H](C)O.Cl. The molecule has 4 nitrogen and oxygen atoms in total. The van der Waals surface area contributed by atoms with Crippen molar-refractivity contribution in [1.82, 2.24) is 0 Å². The van der Waals surface area contributed by atoms with Crippen LogP contribution in [0, 0.1) is 0 Å². The van der Waals surface area contributed by atoms with E-state index in [1.165, 1.54) is 20.1 Å². The first kappa shape index (κ1) is 17.8. The number of aliphatic hydroxyl groups excluding tert-OH is 1. The fourth-order valence-corrected chi connectivity index (χ4v) is 1.43. The Labute approximate surface area is 114 Å². The molecule has 0 saturated heterocycles. The smallest absolute Gasteiger partial charge is 0.496 e. The van der Waals surface area contributed by atoms with Crippen molar-refractivity contribution in [3.05, 3.63) is 23.8 Å². The molecule has 0 spiro atoms. The summed E-state index contributed by atoms with van der Waals surface area (Å²) in [6, 6.07) is 2.66.